The summed E-state index contributed by atoms with van der Waals surface area (Å²) >= 11 is 2.44. The normalized spacial score (nSPS) is 31.8. The highest BCUT2D eigenvalue weighted by molar-refractivity contribution is 14.1. The fourth-order valence-electron chi connectivity index (χ4n) is 3.83. The van der Waals surface area contributed by atoms with Crippen LogP contribution in [0.2, 0.25) is 0 Å². The molecule has 2 aliphatic carbocycles. The first-order valence-corrected chi connectivity index (χ1v) is 8.28. The van der Waals surface area contributed by atoms with Gasteiger partial charge in [0.05, 0.1) is 28.2 Å². The molecule has 3 aliphatic rings. The number of alkyl halides is 3. The second-order valence-electron chi connectivity index (χ2n) is 5.95. The lowest BCUT2D eigenvalue weighted by molar-refractivity contribution is -0.0495. The van der Waals surface area contributed by atoms with Gasteiger partial charge in [0.15, 0.2) is 0 Å². The summed E-state index contributed by atoms with van der Waals surface area (Å²) in [6, 6.07) is 0.232. The van der Waals surface area contributed by atoms with E-state index in [0.717, 1.165) is 5.69 Å². The standard InChI is InChI=1S/C15H15F2IN2/c16-15(17)5-3-9(4-6-15)14-13-10(1-2-11(13)18)12-7-19-8-20(12)14/h1-2,7-9,11,14H,3-6H2/t11-,14-/m1/s1. The van der Waals surface area contributed by atoms with Gasteiger partial charge in [-0.2, -0.15) is 0 Å². The zero-order valence-corrected chi connectivity index (χ0v) is 13.1. The van der Waals surface area contributed by atoms with Crippen LogP contribution in [0, 0.1) is 5.92 Å². The SMILES string of the molecule is FC1(F)CCC([C@@H]2C3=C(C=C[C@H]3I)c3cncn32)CC1. The van der Waals surface area contributed by atoms with Crippen LogP contribution in [0.25, 0.3) is 5.57 Å². The highest BCUT2D eigenvalue weighted by Gasteiger charge is 2.44. The first-order valence-electron chi connectivity index (χ1n) is 7.03. The molecule has 106 valence electrons. The van der Waals surface area contributed by atoms with Crippen LogP contribution in [-0.4, -0.2) is 19.4 Å². The summed E-state index contributed by atoms with van der Waals surface area (Å²) in [6.45, 7) is 0. The van der Waals surface area contributed by atoms with Crippen molar-refractivity contribution in [2.75, 3.05) is 0 Å². The Labute approximate surface area is 130 Å². The zero-order chi connectivity index (χ0) is 13.9. The molecule has 1 aromatic rings. The Morgan fingerprint density at radius 3 is 2.80 bits per heavy atom. The van der Waals surface area contributed by atoms with Crippen molar-refractivity contribution < 1.29 is 8.78 Å². The Morgan fingerprint density at radius 1 is 1.30 bits per heavy atom. The minimum atomic E-state index is -2.46. The molecule has 1 saturated carbocycles. The van der Waals surface area contributed by atoms with E-state index in [4.69, 9.17) is 0 Å². The van der Waals surface area contributed by atoms with E-state index in [2.05, 4.69) is 44.3 Å². The number of allylic oxidation sites excluding steroid dienone is 4. The third-order valence-corrected chi connectivity index (χ3v) is 5.89. The molecule has 1 aromatic heterocycles. The lowest BCUT2D eigenvalue weighted by atomic mass is 9.79. The third-order valence-electron chi connectivity index (χ3n) is 4.81. The van der Waals surface area contributed by atoms with Crippen LogP contribution >= 0.6 is 22.6 Å². The molecular weight excluding hydrogens is 373 g/mol. The largest absolute Gasteiger partial charge is 0.323 e. The Balaban J connectivity index is 1.69. The van der Waals surface area contributed by atoms with Crippen LogP contribution in [-0.2, 0) is 0 Å². The summed E-state index contributed by atoms with van der Waals surface area (Å²) in [5.74, 6) is -2.14. The summed E-state index contributed by atoms with van der Waals surface area (Å²) in [5.41, 5.74) is 3.82. The molecular formula is C15H15F2IN2. The first kappa shape index (κ1) is 13.0. The number of imidazole rings is 1. The van der Waals surface area contributed by atoms with Gasteiger partial charge in [-0.25, -0.2) is 13.8 Å². The van der Waals surface area contributed by atoms with Gasteiger partial charge in [0, 0.05) is 18.4 Å². The zero-order valence-electron chi connectivity index (χ0n) is 10.9. The van der Waals surface area contributed by atoms with E-state index in [9.17, 15) is 8.78 Å². The van der Waals surface area contributed by atoms with Gasteiger partial charge in [-0.05, 0) is 24.3 Å². The number of halogens is 3. The number of hydrogen-bond acceptors (Lipinski definition) is 1. The highest BCUT2D eigenvalue weighted by atomic mass is 127. The van der Waals surface area contributed by atoms with Crippen molar-refractivity contribution in [1.29, 1.82) is 0 Å². The number of rotatable bonds is 1. The highest BCUT2D eigenvalue weighted by Crippen LogP contribution is 2.52. The fourth-order valence-corrected chi connectivity index (χ4v) is 4.74. The average molecular weight is 388 g/mol. The average Bonchev–Trinajstić information content (AvgIpc) is 3.04. The Morgan fingerprint density at radius 2 is 2.05 bits per heavy atom. The molecule has 20 heavy (non-hydrogen) atoms. The summed E-state index contributed by atoms with van der Waals surface area (Å²) in [7, 11) is 0. The molecule has 4 rings (SSSR count). The molecule has 0 spiro atoms. The van der Waals surface area contributed by atoms with E-state index >= 15 is 0 Å². The van der Waals surface area contributed by atoms with Crippen molar-refractivity contribution >= 4 is 28.2 Å². The van der Waals surface area contributed by atoms with Crippen LogP contribution in [0.1, 0.15) is 37.4 Å². The molecule has 0 bridgehead atoms. The molecule has 0 N–H and O–H groups in total. The topological polar surface area (TPSA) is 17.8 Å². The van der Waals surface area contributed by atoms with Crippen LogP contribution in [0.4, 0.5) is 8.78 Å². The van der Waals surface area contributed by atoms with E-state index in [1.807, 2.05) is 12.5 Å². The van der Waals surface area contributed by atoms with Gasteiger partial charge in [-0.3, -0.25) is 0 Å². The lowest BCUT2D eigenvalue weighted by Gasteiger charge is -2.34. The second kappa shape index (κ2) is 4.39. The van der Waals surface area contributed by atoms with Crippen molar-refractivity contribution in [1.82, 2.24) is 9.55 Å². The summed E-state index contributed by atoms with van der Waals surface area (Å²) < 4.78 is 29.4. The van der Waals surface area contributed by atoms with Crippen LogP contribution in [0.3, 0.4) is 0 Å². The van der Waals surface area contributed by atoms with Crippen molar-refractivity contribution in [3.05, 3.63) is 35.9 Å². The quantitative estimate of drug-likeness (QED) is 0.516. The number of hydrogen-bond donors (Lipinski definition) is 0. The molecule has 0 unspecified atom stereocenters. The monoisotopic (exact) mass is 388 g/mol. The molecule has 0 saturated heterocycles. The molecule has 2 atom stereocenters. The van der Waals surface area contributed by atoms with Gasteiger partial charge >= 0.3 is 0 Å². The second-order valence-corrected chi connectivity index (χ2v) is 7.30. The molecule has 0 radical (unpaired) electrons. The summed E-state index contributed by atoms with van der Waals surface area (Å²) in [5, 5.41) is 0. The maximum Gasteiger partial charge on any atom is 0.248 e. The van der Waals surface area contributed by atoms with Gasteiger partial charge in [0.2, 0.25) is 5.92 Å². The molecule has 1 fully saturated rings. The van der Waals surface area contributed by atoms with Gasteiger partial charge in [-0.1, -0.05) is 34.7 Å². The van der Waals surface area contributed by atoms with Crippen molar-refractivity contribution in [3.8, 4) is 0 Å². The molecule has 0 amide bonds. The molecule has 1 aliphatic heterocycles. The Kier molecular flexibility index (Phi) is 2.85. The van der Waals surface area contributed by atoms with Gasteiger partial charge in [0.1, 0.15) is 0 Å². The number of fused-ring (bicyclic) bond motifs is 2. The smallest absolute Gasteiger partial charge is 0.248 e. The number of aromatic nitrogens is 2. The minimum absolute atomic E-state index is 0.0279. The van der Waals surface area contributed by atoms with Gasteiger partial charge in [-0.15, -0.1) is 0 Å². The Hall–Kier alpha value is -0.720. The fraction of sp³-hybridized carbons (Fsp3) is 0.533. The predicted octanol–water partition coefficient (Wildman–Crippen LogP) is 4.39. The van der Waals surface area contributed by atoms with Gasteiger partial charge in [0.25, 0.3) is 0 Å². The molecule has 2 nitrogen and oxygen atoms in total. The van der Waals surface area contributed by atoms with E-state index in [-0.39, 0.29) is 18.9 Å². The molecule has 2 heterocycles. The molecule has 5 heteroatoms. The van der Waals surface area contributed by atoms with Gasteiger partial charge < -0.3 is 4.57 Å². The molecule has 0 aromatic carbocycles. The van der Waals surface area contributed by atoms with Crippen LogP contribution < -0.4 is 0 Å². The van der Waals surface area contributed by atoms with Crippen molar-refractivity contribution in [2.24, 2.45) is 5.92 Å². The summed E-state index contributed by atoms with van der Waals surface area (Å²) in [4.78, 5) is 4.25. The lowest BCUT2D eigenvalue weighted by Crippen LogP contribution is -2.30. The maximum absolute atomic E-state index is 13.4. The maximum atomic E-state index is 13.4. The minimum Gasteiger partial charge on any atom is -0.323 e. The van der Waals surface area contributed by atoms with E-state index < -0.39 is 5.92 Å². The van der Waals surface area contributed by atoms with E-state index in [1.165, 1.54) is 11.1 Å². The predicted molar refractivity (Wildman–Crippen MR) is 82.0 cm³/mol. The van der Waals surface area contributed by atoms with Crippen LogP contribution in [0.5, 0.6) is 0 Å². The van der Waals surface area contributed by atoms with E-state index in [0.29, 0.717) is 22.7 Å². The van der Waals surface area contributed by atoms with Crippen molar-refractivity contribution in [3.63, 3.8) is 0 Å². The summed E-state index contributed by atoms with van der Waals surface area (Å²) in [6.07, 6.45) is 9.39. The van der Waals surface area contributed by atoms with Crippen LogP contribution in [0.15, 0.2) is 30.2 Å². The van der Waals surface area contributed by atoms with Crippen molar-refractivity contribution in [2.45, 2.75) is 41.6 Å². The first-order chi connectivity index (χ1) is 9.57. The number of nitrogens with zero attached hydrogens (tertiary/aromatic N) is 2. The van der Waals surface area contributed by atoms with E-state index in [1.54, 1.807) is 0 Å². The Bertz CT molecular complexity index is 607. The third kappa shape index (κ3) is 1.81.